The summed E-state index contributed by atoms with van der Waals surface area (Å²) < 4.78 is 6.90. The zero-order valence-corrected chi connectivity index (χ0v) is 12.6. The van der Waals surface area contributed by atoms with Crippen LogP contribution in [0.3, 0.4) is 0 Å². The smallest absolute Gasteiger partial charge is 0.331 e. The van der Waals surface area contributed by atoms with E-state index in [4.69, 9.17) is 4.74 Å². The van der Waals surface area contributed by atoms with E-state index >= 15 is 0 Å². The Morgan fingerprint density at radius 1 is 1.48 bits per heavy atom. The predicted molar refractivity (Wildman–Crippen MR) is 74.9 cm³/mol. The molecule has 0 aromatic carbocycles. The van der Waals surface area contributed by atoms with Crippen LogP contribution in [0.25, 0.3) is 0 Å². The van der Waals surface area contributed by atoms with Crippen LogP contribution in [0, 0.1) is 13.8 Å². The summed E-state index contributed by atoms with van der Waals surface area (Å²) in [5.41, 5.74) is 1.70. The maximum atomic E-state index is 12.1. The van der Waals surface area contributed by atoms with Crippen LogP contribution in [-0.4, -0.2) is 45.5 Å². The number of carboxylic acid groups (broad SMARTS) is 1. The van der Waals surface area contributed by atoms with Gasteiger partial charge in [-0.1, -0.05) is 0 Å². The molecule has 21 heavy (non-hydrogen) atoms. The maximum absolute atomic E-state index is 12.1. The third kappa shape index (κ3) is 3.07. The number of carbonyl (C=O) groups is 2. The van der Waals surface area contributed by atoms with Crippen LogP contribution in [-0.2, 0) is 27.8 Å². The minimum atomic E-state index is -1.27. The molecule has 1 atom stereocenters. The van der Waals surface area contributed by atoms with Crippen LogP contribution in [0.15, 0.2) is 0 Å². The van der Waals surface area contributed by atoms with Crippen LogP contribution in [0.1, 0.15) is 29.8 Å². The molecule has 0 aliphatic carbocycles. The molecule has 1 aromatic rings. The van der Waals surface area contributed by atoms with Gasteiger partial charge in [0.05, 0.1) is 12.3 Å². The van der Waals surface area contributed by atoms with Gasteiger partial charge in [-0.2, -0.15) is 5.10 Å². The highest BCUT2D eigenvalue weighted by molar-refractivity contribution is 5.87. The topological polar surface area (TPSA) is 93.5 Å². The maximum Gasteiger partial charge on any atom is 0.331 e. The number of amides is 1. The summed E-state index contributed by atoms with van der Waals surface area (Å²) in [6.45, 7) is 4.24. The monoisotopic (exact) mass is 295 g/mol. The number of hydrogen-bond donors (Lipinski definition) is 2. The van der Waals surface area contributed by atoms with Gasteiger partial charge in [0, 0.05) is 32.2 Å². The van der Waals surface area contributed by atoms with E-state index in [9.17, 15) is 14.7 Å². The largest absolute Gasteiger partial charge is 0.479 e. The van der Waals surface area contributed by atoms with Gasteiger partial charge in [-0.3, -0.25) is 9.48 Å². The van der Waals surface area contributed by atoms with Crippen LogP contribution < -0.4 is 5.32 Å². The molecule has 1 aliphatic rings. The molecule has 1 amide bonds. The Hall–Kier alpha value is -1.89. The molecule has 1 saturated heterocycles. The van der Waals surface area contributed by atoms with Gasteiger partial charge in [0.15, 0.2) is 5.54 Å². The number of carbonyl (C=O) groups excluding carboxylic acids is 1. The molecule has 2 N–H and O–H groups in total. The van der Waals surface area contributed by atoms with Crippen molar-refractivity contribution in [2.24, 2.45) is 7.05 Å². The first kappa shape index (κ1) is 15.5. The highest BCUT2D eigenvalue weighted by Crippen LogP contribution is 2.20. The molecule has 1 unspecified atom stereocenters. The lowest BCUT2D eigenvalue weighted by Gasteiger charge is -2.23. The molecule has 1 aliphatic heterocycles. The summed E-state index contributed by atoms with van der Waals surface area (Å²) in [7, 11) is 1.86. The minimum Gasteiger partial charge on any atom is -0.479 e. The minimum absolute atomic E-state index is 0.0268. The molecule has 7 nitrogen and oxygen atoms in total. The Morgan fingerprint density at radius 3 is 2.67 bits per heavy atom. The summed E-state index contributed by atoms with van der Waals surface area (Å²) in [5, 5.41) is 16.2. The van der Waals surface area contributed by atoms with Crippen molar-refractivity contribution in [3.63, 3.8) is 0 Å². The van der Waals surface area contributed by atoms with Crippen LogP contribution in [0.4, 0.5) is 0 Å². The molecule has 0 spiro atoms. The number of hydrogen-bond acceptors (Lipinski definition) is 4. The SMILES string of the molecule is Cc1nn(C)c(C)c1CCC(=O)NC1(C(=O)O)CCOC1. The number of nitrogens with one attached hydrogen (secondary N) is 1. The fourth-order valence-corrected chi connectivity index (χ4v) is 2.63. The van der Waals surface area contributed by atoms with Crippen molar-refractivity contribution in [1.82, 2.24) is 15.1 Å². The Kier molecular flexibility index (Phi) is 4.32. The molecule has 7 heteroatoms. The zero-order chi connectivity index (χ0) is 15.6. The summed E-state index contributed by atoms with van der Waals surface area (Å²) in [4.78, 5) is 23.4. The van der Waals surface area contributed by atoms with Gasteiger partial charge in [-0.15, -0.1) is 0 Å². The van der Waals surface area contributed by atoms with E-state index in [0.29, 0.717) is 19.4 Å². The van der Waals surface area contributed by atoms with E-state index in [-0.39, 0.29) is 18.9 Å². The predicted octanol–water partition coefficient (Wildman–Crippen LogP) is 0.329. The number of aliphatic carboxylic acids is 1. The third-order valence-electron chi connectivity index (χ3n) is 4.07. The molecule has 1 fully saturated rings. The summed E-state index contributed by atoms with van der Waals surface area (Å²) in [6, 6.07) is 0. The van der Waals surface area contributed by atoms with Crippen molar-refractivity contribution in [3.05, 3.63) is 17.0 Å². The van der Waals surface area contributed by atoms with E-state index in [1.54, 1.807) is 4.68 Å². The Balaban J connectivity index is 1.97. The first-order chi connectivity index (χ1) is 9.85. The van der Waals surface area contributed by atoms with E-state index in [1.165, 1.54) is 0 Å². The third-order valence-corrected chi connectivity index (χ3v) is 4.07. The number of rotatable bonds is 5. The van der Waals surface area contributed by atoms with Gasteiger partial charge in [-0.05, 0) is 25.8 Å². The van der Waals surface area contributed by atoms with E-state index in [2.05, 4.69) is 10.4 Å². The van der Waals surface area contributed by atoms with Gasteiger partial charge >= 0.3 is 5.97 Å². The average Bonchev–Trinajstić information content (AvgIpc) is 2.96. The summed E-state index contributed by atoms with van der Waals surface area (Å²) in [5.74, 6) is -1.31. The van der Waals surface area contributed by atoms with E-state index in [0.717, 1.165) is 17.0 Å². The first-order valence-corrected chi connectivity index (χ1v) is 6.97. The van der Waals surface area contributed by atoms with E-state index < -0.39 is 11.5 Å². The highest BCUT2D eigenvalue weighted by Gasteiger charge is 2.43. The fourth-order valence-electron chi connectivity index (χ4n) is 2.63. The average molecular weight is 295 g/mol. The summed E-state index contributed by atoms with van der Waals surface area (Å²) >= 11 is 0. The van der Waals surface area contributed by atoms with Crippen molar-refractivity contribution < 1.29 is 19.4 Å². The molecule has 116 valence electrons. The Labute approximate surface area is 123 Å². The van der Waals surface area contributed by atoms with Gasteiger partial charge in [0.25, 0.3) is 0 Å². The van der Waals surface area contributed by atoms with Crippen molar-refractivity contribution in [3.8, 4) is 0 Å². The quantitative estimate of drug-likeness (QED) is 0.816. The van der Waals surface area contributed by atoms with Gasteiger partial charge in [-0.25, -0.2) is 4.79 Å². The van der Waals surface area contributed by atoms with Gasteiger partial charge < -0.3 is 15.2 Å². The molecule has 1 aromatic heterocycles. The molecule has 2 rings (SSSR count). The number of nitrogens with zero attached hydrogens (tertiary/aromatic N) is 2. The zero-order valence-electron chi connectivity index (χ0n) is 12.6. The Morgan fingerprint density at radius 2 is 2.19 bits per heavy atom. The molecule has 0 bridgehead atoms. The Bertz CT molecular complexity index is 559. The summed E-state index contributed by atoms with van der Waals surface area (Å²) in [6.07, 6.45) is 1.09. The number of carboxylic acids is 1. The lowest BCUT2D eigenvalue weighted by molar-refractivity contribution is -0.147. The molecule has 0 saturated carbocycles. The first-order valence-electron chi connectivity index (χ1n) is 6.97. The second-order valence-corrected chi connectivity index (χ2v) is 5.51. The molecule has 2 heterocycles. The highest BCUT2D eigenvalue weighted by atomic mass is 16.5. The fraction of sp³-hybridized carbons (Fsp3) is 0.643. The normalized spacial score (nSPS) is 21.5. The number of aromatic nitrogens is 2. The van der Waals surface area contributed by atoms with Crippen LogP contribution in [0.5, 0.6) is 0 Å². The van der Waals surface area contributed by atoms with Crippen molar-refractivity contribution in [1.29, 1.82) is 0 Å². The number of aryl methyl sites for hydroxylation is 2. The number of ether oxygens (including phenoxy) is 1. The second-order valence-electron chi connectivity index (χ2n) is 5.51. The van der Waals surface area contributed by atoms with Crippen molar-refractivity contribution >= 4 is 11.9 Å². The molecule has 0 radical (unpaired) electrons. The molecular formula is C14H21N3O4. The van der Waals surface area contributed by atoms with Gasteiger partial charge in [0.2, 0.25) is 5.91 Å². The van der Waals surface area contributed by atoms with Gasteiger partial charge in [0.1, 0.15) is 0 Å². The second kappa shape index (κ2) is 5.85. The van der Waals surface area contributed by atoms with Crippen LogP contribution in [0.2, 0.25) is 0 Å². The van der Waals surface area contributed by atoms with Crippen LogP contribution >= 0.6 is 0 Å². The van der Waals surface area contributed by atoms with Crippen molar-refractivity contribution in [2.75, 3.05) is 13.2 Å². The van der Waals surface area contributed by atoms with E-state index in [1.807, 2.05) is 20.9 Å². The van der Waals surface area contributed by atoms with Crippen molar-refractivity contribution in [2.45, 2.75) is 38.6 Å². The molecular weight excluding hydrogens is 274 g/mol. The lowest BCUT2D eigenvalue weighted by atomic mass is 9.98. The standard InChI is InChI=1S/C14H21N3O4/c1-9-11(10(2)17(3)16-9)4-5-12(18)15-14(13(19)20)6-7-21-8-14/h4-8H2,1-3H3,(H,15,18)(H,19,20). The lowest BCUT2D eigenvalue weighted by Crippen LogP contribution is -2.55.